The maximum atomic E-state index is 12.2. The number of nitrogens with one attached hydrogen (secondary N) is 1. The Morgan fingerprint density at radius 1 is 1.42 bits per heavy atom. The average Bonchev–Trinajstić information content (AvgIpc) is 2.78. The summed E-state index contributed by atoms with van der Waals surface area (Å²) in [6, 6.07) is 7.70. The van der Waals surface area contributed by atoms with Crippen molar-refractivity contribution in [2.45, 2.75) is 38.8 Å². The zero-order chi connectivity index (χ0) is 13.8. The van der Waals surface area contributed by atoms with Crippen molar-refractivity contribution in [1.29, 1.82) is 0 Å². The Hall–Kier alpha value is -1.77. The molecule has 0 aromatic heterocycles. The lowest BCUT2D eigenvalue weighted by Gasteiger charge is -2.20. The Bertz CT molecular complexity index is 466. The number of para-hydroxylation sites is 1. The number of ether oxygens (including phenoxy) is 1. The van der Waals surface area contributed by atoms with Crippen molar-refractivity contribution in [2.24, 2.45) is 5.92 Å². The summed E-state index contributed by atoms with van der Waals surface area (Å²) < 4.78 is 5.78. The van der Waals surface area contributed by atoms with Crippen LogP contribution in [0.15, 0.2) is 36.9 Å². The van der Waals surface area contributed by atoms with E-state index in [2.05, 4.69) is 11.9 Å². The van der Waals surface area contributed by atoms with Gasteiger partial charge in [-0.1, -0.05) is 38.6 Å². The fourth-order valence-corrected chi connectivity index (χ4v) is 2.51. The highest BCUT2D eigenvalue weighted by Gasteiger charge is 2.34. The summed E-state index contributed by atoms with van der Waals surface area (Å²) in [5, 5.41) is 3.10. The summed E-state index contributed by atoms with van der Waals surface area (Å²) in [5.41, 5.74) is 1.03. The van der Waals surface area contributed by atoms with Gasteiger partial charge in [-0.05, 0) is 25.0 Å². The summed E-state index contributed by atoms with van der Waals surface area (Å²) in [6.45, 7) is 7.87. The Morgan fingerprint density at radius 3 is 2.74 bits per heavy atom. The fourth-order valence-electron chi connectivity index (χ4n) is 2.51. The standard InChI is InChI=1S/C16H21NO2/c1-4-11(5-2)16(18)17-15-12-9-7-8-10-14(12)19-13(15)6-3/h6-11,13,15H,3-5H2,1-2H3,(H,17,18). The molecule has 0 saturated carbocycles. The highest BCUT2D eigenvalue weighted by molar-refractivity contribution is 5.79. The predicted molar refractivity (Wildman–Crippen MR) is 76.0 cm³/mol. The molecular weight excluding hydrogens is 238 g/mol. The van der Waals surface area contributed by atoms with Crippen molar-refractivity contribution >= 4 is 5.91 Å². The molecule has 1 N–H and O–H groups in total. The van der Waals surface area contributed by atoms with E-state index in [1.54, 1.807) is 6.08 Å². The summed E-state index contributed by atoms with van der Waals surface area (Å²) in [6.07, 6.45) is 3.28. The number of amides is 1. The topological polar surface area (TPSA) is 38.3 Å². The zero-order valence-corrected chi connectivity index (χ0v) is 11.6. The van der Waals surface area contributed by atoms with Gasteiger partial charge in [-0.3, -0.25) is 4.79 Å². The van der Waals surface area contributed by atoms with Gasteiger partial charge in [0.15, 0.2) is 0 Å². The van der Waals surface area contributed by atoms with E-state index in [4.69, 9.17) is 4.74 Å². The van der Waals surface area contributed by atoms with Gasteiger partial charge in [0, 0.05) is 11.5 Å². The molecule has 0 spiro atoms. The number of benzene rings is 1. The molecule has 1 amide bonds. The van der Waals surface area contributed by atoms with E-state index in [0.29, 0.717) is 0 Å². The molecular formula is C16H21NO2. The second-order valence-corrected chi connectivity index (χ2v) is 4.86. The molecule has 19 heavy (non-hydrogen) atoms. The second kappa shape index (κ2) is 5.91. The molecule has 1 aromatic rings. The maximum Gasteiger partial charge on any atom is 0.223 e. The molecule has 0 aliphatic carbocycles. The van der Waals surface area contributed by atoms with Crippen LogP contribution in [0.1, 0.15) is 38.3 Å². The summed E-state index contributed by atoms with van der Waals surface area (Å²) >= 11 is 0. The molecule has 0 bridgehead atoms. The van der Waals surface area contributed by atoms with Crippen LogP contribution < -0.4 is 10.1 Å². The van der Waals surface area contributed by atoms with Gasteiger partial charge in [-0.25, -0.2) is 0 Å². The molecule has 2 atom stereocenters. The lowest BCUT2D eigenvalue weighted by molar-refractivity contribution is -0.126. The Balaban J connectivity index is 2.18. The van der Waals surface area contributed by atoms with Crippen LogP contribution in [-0.4, -0.2) is 12.0 Å². The number of hydrogen-bond acceptors (Lipinski definition) is 2. The normalized spacial score (nSPS) is 20.8. The third kappa shape index (κ3) is 2.65. The molecule has 0 saturated heterocycles. The predicted octanol–water partition coefficient (Wildman–Crippen LogP) is 3.23. The third-order valence-corrected chi connectivity index (χ3v) is 3.73. The Kier molecular flexibility index (Phi) is 4.25. The van der Waals surface area contributed by atoms with Crippen LogP contribution in [0.4, 0.5) is 0 Å². The van der Waals surface area contributed by atoms with Gasteiger partial charge in [0.1, 0.15) is 11.9 Å². The number of carbonyl (C=O) groups is 1. The quantitative estimate of drug-likeness (QED) is 0.824. The minimum absolute atomic E-state index is 0.0678. The molecule has 2 rings (SSSR count). The first-order valence-electron chi connectivity index (χ1n) is 6.89. The first kappa shape index (κ1) is 13.7. The van der Waals surface area contributed by atoms with E-state index in [0.717, 1.165) is 24.2 Å². The van der Waals surface area contributed by atoms with Gasteiger partial charge in [-0.2, -0.15) is 0 Å². The van der Waals surface area contributed by atoms with E-state index in [1.165, 1.54) is 0 Å². The van der Waals surface area contributed by atoms with Crippen LogP contribution in [0.25, 0.3) is 0 Å². The molecule has 2 unspecified atom stereocenters. The minimum atomic E-state index is -0.185. The third-order valence-electron chi connectivity index (χ3n) is 3.73. The van der Waals surface area contributed by atoms with E-state index in [9.17, 15) is 4.79 Å². The largest absolute Gasteiger partial charge is 0.483 e. The second-order valence-electron chi connectivity index (χ2n) is 4.86. The van der Waals surface area contributed by atoms with E-state index >= 15 is 0 Å². The lowest BCUT2D eigenvalue weighted by atomic mass is 9.99. The van der Waals surface area contributed by atoms with Gasteiger partial charge >= 0.3 is 0 Å². The van der Waals surface area contributed by atoms with Gasteiger partial charge in [0.25, 0.3) is 0 Å². The molecule has 0 fully saturated rings. The number of fused-ring (bicyclic) bond motifs is 1. The van der Waals surface area contributed by atoms with Gasteiger partial charge in [-0.15, -0.1) is 0 Å². The SMILES string of the molecule is C=CC1Oc2ccccc2C1NC(=O)C(CC)CC. The van der Waals surface area contributed by atoms with Gasteiger partial charge < -0.3 is 10.1 Å². The molecule has 3 nitrogen and oxygen atoms in total. The highest BCUT2D eigenvalue weighted by atomic mass is 16.5. The molecule has 1 aliphatic heterocycles. The highest BCUT2D eigenvalue weighted by Crippen LogP contribution is 2.37. The zero-order valence-electron chi connectivity index (χ0n) is 11.6. The first-order chi connectivity index (χ1) is 9.21. The van der Waals surface area contributed by atoms with Gasteiger partial charge in [0.05, 0.1) is 6.04 Å². The summed E-state index contributed by atoms with van der Waals surface area (Å²) in [4.78, 5) is 12.2. The Morgan fingerprint density at radius 2 is 2.11 bits per heavy atom. The van der Waals surface area contributed by atoms with Crippen molar-refractivity contribution in [3.63, 3.8) is 0 Å². The van der Waals surface area contributed by atoms with E-state index in [1.807, 2.05) is 38.1 Å². The van der Waals surface area contributed by atoms with Crippen molar-refractivity contribution in [2.75, 3.05) is 0 Å². The molecule has 1 aliphatic rings. The molecule has 3 heteroatoms. The van der Waals surface area contributed by atoms with E-state index < -0.39 is 0 Å². The van der Waals surface area contributed by atoms with E-state index in [-0.39, 0.29) is 24.0 Å². The molecule has 102 valence electrons. The van der Waals surface area contributed by atoms with Crippen LogP contribution in [0, 0.1) is 5.92 Å². The summed E-state index contributed by atoms with van der Waals surface area (Å²) in [5.74, 6) is 1.00. The monoisotopic (exact) mass is 259 g/mol. The number of rotatable bonds is 5. The molecule has 1 aromatic carbocycles. The molecule has 1 heterocycles. The fraction of sp³-hybridized carbons (Fsp3) is 0.438. The van der Waals surface area contributed by atoms with Crippen molar-refractivity contribution in [3.8, 4) is 5.75 Å². The van der Waals surface area contributed by atoms with Crippen LogP contribution in [0.5, 0.6) is 5.75 Å². The molecule has 0 radical (unpaired) electrons. The smallest absolute Gasteiger partial charge is 0.223 e. The van der Waals surface area contributed by atoms with Crippen LogP contribution in [-0.2, 0) is 4.79 Å². The minimum Gasteiger partial charge on any atom is -0.483 e. The van der Waals surface area contributed by atoms with Crippen molar-refractivity contribution < 1.29 is 9.53 Å². The Labute approximate surface area is 114 Å². The van der Waals surface area contributed by atoms with Crippen molar-refractivity contribution in [1.82, 2.24) is 5.32 Å². The summed E-state index contributed by atoms with van der Waals surface area (Å²) in [7, 11) is 0. The maximum absolute atomic E-state index is 12.2. The van der Waals surface area contributed by atoms with Crippen molar-refractivity contribution in [3.05, 3.63) is 42.5 Å². The van der Waals surface area contributed by atoms with Crippen LogP contribution in [0.3, 0.4) is 0 Å². The number of hydrogen-bond donors (Lipinski definition) is 1. The van der Waals surface area contributed by atoms with Crippen LogP contribution >= 0.6 is 0 Å². The first-order valence-corrected chi connectivity index (χ1v) is 6.89. The van der Waals surface area contributed by atoms with Crippen LogP contribution in [0.2, 0.25) is 0 Å². The number of carbonyl (C=O) groups excluding carboxylic acids is 1. The van der Waals surface area contributed by atoms with Gasteiger partial charge in [0.2, 0.25) is 5.91 Å². The average molecular weight is 259 g/mol. The lowest BCUT2D eigenvalue weighted by Crippen LogP contribution is -2.37.